The summed E-state index contributed by atoms with van der Waals surface area (Å²) >= 11 is 0. The molecule has 1 aliphatic rings. The first-order chi connectivity index (χ1) is 10.0. The highest BCUT2D eigenvalue weighted by Crippen LogP contribution is 2.26. The first-order valence-electron chi connectivity index (χ1n) is 7.13. The van der Waals surface area contributed by atoms with E-state index < -0.39 is 6.04 Å². The molecule has 5 nitrogen and oxygen atoms in total. The highest BCUT2D eigenvalue weighted by atomic mass is 19.1. The Labute approximate surface area is 123 Å². The van der Waals surface area contributed by atoms with E-state index in [2.05, 4.69) is 10.6 Å². The minimum atomic E-state index is -0.505. The van der Waals surface area contributed by atoms with E-state index >= 15 is 0 Å². The molecule has 1 aromatic carbocycles. The second kappa shape index (κ2) is 6.67. The molecule has 2 rings (SSSR count). The van der Waals surface area contributed by atoms with Crippen molar-refractivity contribution in [3.8, 4) is 0 Å². The van der Waals surface area contributed by atoms with Crippen LogP contribution in [0.3, 0.4) is 0 Å². The van der Waals surface area contributed by atoms with Crippen LogP contribution in [0.15, 0.2) is 18.2 Å². The van der Waals surface area contributed by atoms with Gasteiger partial charge in [-0.25, -0.2) is 4.39 Å². The van der Waals surface area contributed by atoms with Crippen LogP contribution in [0, 0.1) is 5.82 Å². The number of amides is 2. The van der Waals surface area contributed by atoms with Gasteiger partial charge in [-0.15, -0.1) is 0 Å². The SMILES string of the molecule is CCCNCc1c(F)cccc1N1CC(=O)NC(=O)C1C. The number of nitrogens with one attached hydrogen (secondary N) is 2. The summed E-state index contributed by atoms with van der Waals surface area (Å²) in [5.74, 6) is -1.06. The molecule has 1 saturated heterocycles. The lowest BCUT2D eigenvalue weighted by molar-refractivity contribution is -0.132. The van der Waals surface area contributed by atoms with E-state index in [-0.39, 0.29) is 24.2 Å². The van der Waals surface area contributed by atoms with Crippen LogP contribution in [0.5, 0.6) is 0 Å². The average Bonchev–Trinajstić information content (AvgIpc) is 2.45. The summed E-state index contributed by atoms with van der Waals surface area (Å²) in [6.45, 7) is 4.94. The van der Waals surface area contributed by atoms with Crippen LogP contribution in [0.2, 0.25) is 0 Å². The summed E-state index contributed by atoms with van der Waals surface area (Å²) in [6, 6.07) is 4.23. The predicted octanol–water partition coefficient (Wildman–Crippen LogP) is 1.18. The summed E-state index contributed by atoms with van der Waals surface area (Å²) in [4.78, 5) is 25.0. The minimum Gasteiger partial charge on any atom is -0.350 e. The number of anilines is 1. The van der Waals surface area contributed by atoms with Gasteiger partial charge in [-0.3, -0.25) is 14.9 Å². The van der Waals surface area contributed by atoms with E-state index in [9.17, 15) is 14.0 Å². The van der Waals surface area contributed by atoms with Gasteiger partial charge in [-0.05, 0) is 32.0 Å². The van der Waals surface area contributed by atoms with Crippen LogP contribution in [-0.4, -0.2) is 30.9 Å². The maximum absolute atomic E-state index is 14.1. The quantitative estimate of drug-likeness (QED) is 0.632. The lowest BCUT2D eigenvalue weighted by Gasteiger charge is -2.35. The van der Waals surface area contributed by atoms with E-state index in [1.165, 1.54) is 6.07 Å². The molecule has 0 saturated carbocycles. The molecule has 1 heterocycles. The summed E-state index contributed by atoms with van der Waals surface area (Å²) in [7, 11) is 0. The first kappa shape index (κ1) is 15.4. The molecule has 0 spiro atoms. The molecular weight excluding hydrogens is 273 g/mol. The van der Waals surface area contributed by atoms with Crippen molar-refractivity contribution in [2.24, 2.45) is 0 Å². The van der Waals surface area contributed by atoms with E-state index in [1.54, 1.807) is 24.0 Å². The van der Waals surface area contributed by atoms with Gasteiger partial charge >= 0.3 is 0 Å². The van der Waals surface area contributed by atoms with Crippen molar-refractivity contribution in [3.63, 3.8) is 0 Å². The summed E-state index contributed by atoms with van der Waals surface area (Å²) in [6.07, 6.45) is 0.949. The number of carbonyl (C=O) groups is 2. The van der Waals surface area contributed by atoms with E-state index in [4.69, 9.17) is 0 Å². The predicted molar refractivity (Wildman–Crippen MR) is 78.4 cm³/mol. The van der Waals surface area contributed by atoms with Gasteiger partial charge in [-0.1, -0.05) is 13.0 Å². The van der Waals surface area contributed by atoms with Gasteiger partial charge < -0.3 is 10.2 Å². The molecule has 2 N–H and O–H groups in total. The lowest BCUT2D eigenvalue weighted by Crippen LogP contribution is -2.57. The largest absolute Gasteiger partial charge is 0.350 e. The Balaban J connectivity index is 2.31. The number of halogens is 1. The zero-order valence-electron chi connectivity index (χ0n) is 12.3. The fourth-order valence-corrected chi connectivity index (χ4v) is 2.39. The fraction of sp³-hybridized carbons (Fsp3) is 0.467. The third-order valence-corrected chi connectivity index (χ3v) is 3.56. The van der Waals surface area contributed by atoms with Gasteiger partial charge in [-0.2, -0.15) is 0 Å². The Hall–Kier alpha value is -1.95. The number of nitrogens with zero attached hydrogens (tertiary/aromatic N) is 1. The molecule has 0 aliphatic carbocycles. The maximum Gasteiger partial charge on any atom is 0.249 e. The lowest BCUT2D eigenvalue weighted by atomic mass is 10.1. The monoisotopic (exact) mass is 293 g/mol. The van der Waals surface area contributed by atoms with Crippen LogP contribution in [0.25, 0.3) is 0 Å². The van der Waals surface area contributed by atoms with Crippen molar-refractivity contribution in [1.82, 2.24) is 10.6 Å². The molecule has 1 fully saturated rings. The molecular formula is C15H20FN3O2. The number of hydrogen-bond donors (Lipinski definition) is 2. The summed E-state index contributed by atoms with van der Waals surface area (Å²) < 4.78 is 14.1. The van der Waals surface area contributed by atoms with Crippen molar-refractivity contribution in [3.05, 3.63) is 29.6 Å². The zero-order valence-corrected chi connectivity index (χ0v) is 12.3. The van der Waals surface area contributed by atoms with Crippen molar-refractivity contribution in [1.29, 1.82) is 0 Å². The highest BCUT2D eigenvalue weighted by Gasteiger charge is 2.31. The van der Waals surface area contributed by atoms with Gasteiger partial charge in [0.2, 0.25) is 11.8 Å². The second-order valence-corrected chi connectivity index (χ2v) is 5.13. The van der Waals surface area contributed by atoms with Crippen molar-refractivity contribution < 1.29 is 14.0 Å². The average molecular weight is 293 g/mol. The Morgan fingerprint density at radius 1 is 1.43 bits per heavy atom. The van der Waals surface area contributed by atoms with Gasteiger partial charge in [0.15, 0.2) is 0 Å². The first-order valence-corrected chi connectivity index (χ1v) is 7.13. The number of benzene rings is 1. The minimum absolute atomic E-state index is 0.0527. The van der Waals surface area contributed by atoms with Crippen molar-refractivity contribution >= 4 is 17.5 Å². The van der Waals surface area contributed by atoms with E-state index in [0.717, 1.165) is 13.0 Å². The molecule has 0 aromatic heterocycles. The topological polar surface area (TPSA) is 61.4 Å². The molecule has 0 bridgehead atoms. The normalized spacial score (nSPS) is 18.8. The third kappa shape index (κ3) is 3.39. The maximum atomic E-state index is 14.1. The highest BCUT2D eigenvalue weighted by molar-refractivity contribution is 6.04. The Morgan fingerprint density at radius 3 is 2.90 bits per heavy atom. The van der Waals surface area contributed by atoms with Gasteiger partial charge in [0.1, 0.15) is 11.9 Å². The fourth-order valence-electron chi connectivity index (χ4n) is 2.39. The van der Waals surface area contributed by atoms with Crippen LogP contribution in [-0.2, 0) is 16.1 Å². The number of piperazine rings is 1. The van der Waals surface area contributed by atoms with Crippen LogP contribution in [0.1, 0.15) is 25.8 Å². The van der Waals surface area contributed by atoms with Crippen LogP contribution < -0.4 is 15.5 Å². The molecule has 0 radical (unpaired) electrons. The molecule has 21 heavy (non-hydrogen) atoms. The standard InChI is InChI=1S/C15H20FN3O2/c1-3-7-17-8-11-12(16)5-4-6-13(11)19-9-14(20)18-15(21)10(19)2/h4-6,10,17H,3,7-9H2,1-2H3,(H,18,20,21). The van der Waals surface area contributed by atoms with Gasteiger partial charge in [0.05, 0.1) is 6.54 Å². The molecule has 2 amide bonds. The smallest absolute Gasteiger partial charge is 0.249 e. The van der Waals surface area contributed by atoms with Gasteiger partial charge in [0, 0.05) is 17.8 Å². The Morgan fingerprint density at radius 2 is 2.19 bits per heavy atom. The molecule has 1 aliphatic heterocycles. The molecule has 1 aromatic rings. The van der Waals surface area contributed by atoms with Crippen LogP contribution >= 0.6 is 0 Å². The number of hydrogen-bond acceptors (Lipinski definition) is 4. The second-order valence-electron chi connectivity index (χ2n) is 5.13. The number of carbonyl (C=O) groups excluding carboxylic acids is 2. The Kier molecular flexibility index (Phi) is 4.90. The summed E-state index contributed by atoms with van der Waals surface area (Å²) in [5.41, 5.74) is 1.08. The van der Waals surface area contributed by atoms with E-state index in [1.807, 2.05) is 6.92 Å². The number of imide groups is 1. The molecule has 1 atom stereocenters. The summed E-state index contributed by atoms with van der Waals surface area (Å²) in [5, 5.41) is 5.44. The van der Waals surface area contributed by atoms with Gasteiger partial charge in [0.25, 0.3) is 0 Å². The number of rotatable bonds is 5. The van der Waals surface area contributed by atoms with Crippen LogP contribution in [0.4, 0.5) is 10.1 Å². The van der Waals surface area contributed by atoms with Crippen molar-refractivity contribution in [2.45, 2.75) is 32.9 Å². The van der Waals surface area contributed by atoms with Crippen molar-refractivity contribution in [2.75, 3.05) is 18.0 Å². The van der Waals surface area contributed by atoms with E-state index in [0.29, 0.717) is 17.8 Å². The molecule has 1 unspecified atom stereocenters. The third-order valence-electron chi connectivity index (χ3n) is 3.56. The molecule has 114 valence electrons. The molecule has 6 heteroatoms. The Bertz CT molecular complexity index is 548. The zero-order chi connectivity index (χ0) is 15.4.